The van der Waals surface area contributed by atoms with Crippen molar-refractivity contribution in [2.45, 2.75) is 24.8 Å². The average Bonchev–Trinajstić information content (AvgIpc) is 2.95. The second kappa shape index (κ2) is 6.46. The van der Waals surface area contributed by atoms with Crippen LogP contribution in [0.3, 0.4) is 0 Å². The van der Waals surface area contributed by atoms with Gasteiger partial charge in [0.25, 0.3) is 5.56 Å². The first-order valence-corrected chi connectivity index (χ1v) is 8.64. The summed E-state index contributed by atoms with van der Waals surface area (Å²) in [5.41, 5.74) is 2.26. The summed E-state index contributed by atoms with van der Waals surface area (Å²) in [7, 11) is 0. The average molecular weight is 329 g/mol. The minimum absolute atomic E-state index is 0.0863. The Hall–Kier alpha value is -1.92. The highest BCUT2D eigenvalue weighted by atomic mass is 32.2. The number of benzene rings is 1. The summed E-state index contributed by atoms with van der Waals surface area (Å²) in [6.07, 6.45) is 1.87. The van der Waals surface area contributed by atoms with E-state index in [4.69, 9.17) is 0 Å². The molecule has 2 heterocycles. The maximum absolute atomic E-state index is 12.1. The van der Waals surface area contributed by atoms with E-state index in [0.717, 1.165) is 22.0 Å². The van der Waals surface area contributed by atoms with Crippen LogP contribution >= 0.6 is 23.1 Å². The van der Waals surface area contributed by atoms with Crippen molar-refractivity contribution in [1.82, 2.24) is 15.0 Å². The minimum Gasteiger partial charge on any atom is -0.301 e. The molecule has 4 nitrogen and oxygen atoms in total. The van der Waals surface area contributed by atoms with E-state index in [2.05, 4.69) is 15.0 Å². The van der Waals surface area contributed by atoms with Gasteiger partial charge in [-0.3, -0.25) is 4.79 Å². The number of aromatic nitrogens is 3. The molecule has 2 aromatic heterocycles. The first-order chi connectivity index (χ1) is 10.6. The molecule has 0 radical (unpaired) electrons. The summed E-state index contributed by atoms with van der Waals surface area (Å²) in [4.78, 5) is 25.0. The molecule has 0 bridgehead atoms. The van der Waals surface area contributed by atoms with Crippen molar-refractivity contribution < 1.29 is 0 Å². The smallest absolute Gasteiger partial charge is 0.255 e. The summed E-state index contributed by atoms with van der Waals surface area (Å²) in [6, 6.07) is 9.79. The molecule has 0 unspecified atom stereocenters. The van der Waals surface area contributed by atoms with E-state index >= 15 is 0 Å². The molecule has 22 heavy (non-hydrogen) atoms. The number of thiazole rings is 1. The van der Waals surface area contributed by atoms with Gasteiger partial charge in [0, 0.05) is 28.0 Å². The molecule has 3 aromatic rings. The van der Waals surface area contributed by atoms with E-state index in [1.807, 2.05) is 43.5 Å². The Morgan fingerprint density at radius 3 is 2.68 bits per heavy atom. The van der Waals surface area contributed by atoms with Crippen LogP contribution in [0, 0.1) is 13.8 Å². The Labute approximate surface area is 136 Å². The van der Waals surface area contributed by atoms with Crippen molar-refractivity contribution in [3.8, 4) is 11.3 Å². The molecule has 112 valence electrons. The lowest BCUT2D eigenvalue weighted by Crippen LogP contribution is -2.13. The van der Waals surface area contributed by atoms with E-state index in [9.17, 15) is 4.79 Å². The molecular weight excluding hydrogens is 314 g/mol. The number of hydrogen-bond acceptors (Lipinski definition) is 5. The molecule has 3 rings (SSSR count). The zero-order valence-corrected chi connectivity index (χ0v) is 13.9. The molecule has 0 fully saturated rings. The van der Waals surface area contributed by atoms with E-state index < -0.39 is 0 Å². The molecule has 1 N–H and O–H groups in total. The normalized spacial score (nSPS) is 10.8. The fourth-order valence-corrected chi connectivity index (χ4v) is 3.75. The van der Waals surface area contributed by atoms with Crippen LogP contribution in [0.2, 0.25) is 0 Å². The quantitative estimate of drug-likeness (QED) is 0.584. The highest BCUT2D eigenvalue weighted by Gasteiger charge is 2.10. The Bertz CT molecular complexity index is 840. The van der Waals surface area contributed by atoms with Crippen molar-refractivity contribution in [2.24, 2.45) is 0 Å². The third-order valence-electron chi connectivity index (χ3n) is 3.20. The lowest BCUT2D eigenvalue weighted by molar-refractivity contribution is 0.924. The number of thioether (sulfide) groups is 1. The standard InChI is InChI=1S/C16H15N3OS2/c1-10-14(12-6-4-3-5-7-12)18-16(19-15(10)20)21-9-13-8-17-11(2)22-13/h3-8H,9H2,1-2H3,(H,18,19,20). The van der Waals surface area contributed by atoms with Gasteiger partial charge < -0.3 is 4.98 Å². The fourth-order valence-electron chi connectivity index (χ4n) is 2.07. The monoisotopic (exact) mass is 329 g/mol. The third kappa shape index (κ3) is 3.28. The minimum atomic E-state index is -0.0863. The summed E-state index contributed by atoms with van der Waals surface area (Å²) in [5, 5.41) is 1.69. The summed E-state index contributed by atoms with van der Waals surface area (Å²) in [6.45, 7) is 3.79. The first-order valence-electron chi connectivity index (χ1n) is 6.84. The molecule has 0 saturated heterocycles. The second-order valence-electron chi connectivity index (χ2n) is 4.84. The van der Waals surface area contributed by atoms with Crippen LogP contribution in [0.15, 0.2) is 46.5 Å². The molecule has 0 aliphatic carbocycles. The molecule has 0 saturated carbocycles. The van der Waals surface area contributed by atoms with Crippen molar-refractivity contribution >= 4 is 23.1 Å². The fraction of sp³-hybridized carbons (Fsp3) is 0.188. The van der Waals surface area contributed by atoms with Crippen LogP contribution in [0.5, 0.6) is 0 Å². The Morgan fingerprint density at radius 2 is 2.00 bits per heavy atom. The number of rotatable bonds is 4. The van der Waals surface area contributed by atoms with Gasteiger partial charge in [0.05, 0.1) is 10.7 Å². The molecular formula is C16H15N3OS2. The van der Waals surface area contributed by atoms with Gasteiger partial charge in [-0.1, -0.05) is 42.1 Å². The molecule has 1 aromatic carbocycles. The van der Waals surface area contributed by atoms with Crippen molar-refractivity contribution in [3.05, 3.63) is 62.3 Å². The topological polar surface area (TPSA) is 58.6 Å². The van der Waals surface area contributed by atoms with Gasteiger partial charge in [-0.2, -0.15) is 0 Å². The van der Waals surface area contributed by atoms with Crippen LogP contribution in [-0.4, -0.2) is 15.0 Å². The lowest BCUT2D eigenvalue weighted by atomic mass is 10.1. The second-order valence-corrected chi connectivity index (χ2v) is 7.13. The summed E-state index contributed by atoms with van der Waals surface area (Å²) in [5.74, 6) is 0.756. The van der Waals surface area contributed by atoms with Crippen molar-refractivity contribution in [1.29, 1.82) is 0 Å². The van der Waals surface area contributed by atoms with E-state index in [1.54, 1.807) is 18.3 Å². The molecule has 0 aliphatic heterocycles. The third-order valence-corrected chi connectivity index (χ3v) is 5.21. The predicted octanol–water partition coefficient (Wildman–Crippen LogP) is 3.80. The first kappa shape index (κ1) is 15.0. The van der Waals surface area contributed by atoms with Gasteiger partial charge in [-0.15, -0.1) is 11.3 Å². The SMILES string of the molecule is Cc1ncc(CSc2nc(-c3ccccc3)c(C)c(=O)[nH]2)s1. The van der Waals surface area contributed by atoms with Gasteiger partial charge in [0.2, 0.25) is 0 Å². The molecule has 0 aliphatic rings. The zero-order valence-electron chi connectivity index (χ0n) is 12.3. The summed E-state index contributed by atoms with van der Waals surface area (Å²) >= 11 is 3.19. The van der Waals surface area contributed by atoms with Crippen molar-refractivity contribution in [3.63, 3.8) is 0 Å². The summed E-state index contributed by atoms with van der Waals surface area (Å²) < 4.78 is 0. The van der Waals surface area contributed by atoms with Gasteiger partial charge in [0.1, 0.15) is 0 Å². The van der Waals surface area contributed by atoms with Crippen LogP contribution < -0.4 is 5.56 Å². The number of H-pyrrole nitrogens is 1. The molecule has 6 heteroatoms. The van der Waals surface area contributed by atoms with Crippen LogP contribution in [0.4, 0.5) is 0 Å². The highest BCUT2D eigenvalue weighted by molar-refractivity contribution is 7.98. The van der Waals surface area contributed by atoms with Gasteiger partial charge in [-0.05, 0) is 13.8 Å². The number of nitrogens with one attached hydrogen (secondary N) is 1. The Morgan fingerprint density at radius 1 is 1.23 bits per heavy atom. The van der Waals surface area contributed by atoms with E-state index in [1.165, 1.54) is 16.6 Å². The van der Waals surface area contributed by atoms with Crippen LogP contribution in [0.25, 0.3) is 11.3 Å². The van der Waals surface area contributed by atoms with E-state index in [-0.39, 0.29) is 5.56 Å². The number of nitrogens with zero attached hydrogens (tertiary/aromatic N) is 2. The highest BCUT2D eigenvalue weighted by Crippen LogP contribution is 2.25. The molecule has 0 spiro atoms. The predicted molar refractivity (Wildman–Crippen MR) is 91.4 cm³/mol. The Kier molecular flexibility index (Phi) is 4.40. The van der Waals surface area contributed by atoms with E-state index in [0.29, 0.717) is 10.7 Å². The number of aromatic amines is 1. The number of aryl methyl sites for hydroxylation is 1. The largest absolute Gasteiger partial charge is 0.301 e. The Balaban J connectivity index is 1.89. The van der Waals surface area contributed by atoms with Crippen molar-refractivity contribution in [2.75, 3.05) is 0 Å². The van der Waals surface area contributed by atoms with Crippen LogP contribution in [-0.2, 0) is 5.75 Å². The van der Waals surface area contributed by atoms with Gasteiger partial charge in [0.15, 0.2) is 5.16 Å². The van der Waals surface area contributed by atoms with Gasteiger partial charge in [-0.25, -0.2) is 9.97 Å². The molecule has 0 amide bonds. The van der Waals surface area contributed by atoms with Gasteiger partial charge >= 0.3 is 0 Å². The van der Waals surface area contributed by atoms with Crippen LogP contribution in [0.1, 0.15) is 15.4 Å². The lowest BCUT2D eigenvalue weighted by Gasteiger charge is -2.07. The number of hydrogen-bond donors (Lipinski definition) is 1. The maximum atomic E-state index is 12.1. The molecule has 0 atom stereocenters. The zero-order chi connectivity index (χ0) is 15.5. The maximum Gasteiger partial charge on any atom is 0.255 e.